The lowest BCUT2D eigenvalue weighted by Gasteiger charge is -2.16. The summed E-state index contributed by atoms with van der Waals surface area (Å²) in [5, 5.41) is -0.187. The van der Waals surface area contributed by atoms with Crippen LogP contribution in [0.3, 0.4) is 0 Å². The van der Waals surface area contributed by atoms with E-state index in [1.165, 1.54) is 11.0 Å². The van der Waals surface area contributed by atoms with E-state index in [4.69, 9.17) is 11.6 Å². The molecule has 0 saturated heterocycles. The zero-order valence-corrected chi connectivity index (χ0v) is 11.7. The maximum atomic E-state index is 13.5. The molecule has 0 aromatic heterocycles. The van der Waals surface area contributed by atoms with E-state index in [0.717, 1.165) is 6.07 Å². The van der Waals surface area contributed by atoms with Gasteiger partial charge in [0.15, 0.2) is 0 Å². The number of Topliss-reactive ketones (excluding diaryl/α,β-unsaturated/α-hetero) is 2. The van der Waals surface area contributed by atoms with E-state index in [2.05, 4.69) is 0 Å². The molecule has 1 amide bonds. The van der Waals surface area contributed by atoms with Gasteiger partial charge in [-0.25, -0.2) is 4.39 Å². The predicted molar refractivity (Wildman–Crippen MR) is 72.6 cm³/mol. The SMILES string of the molecule is CCC(=O)CCCN1C(=O)C(=O)c2cc(Cl)c(F)cc21. The summed E-state index contributed by atoms with van der Waals surface area (Å²) < 4.78 is 13.5. The number of amides is 1. The van der Waals surface area contributed by atoms with Gasteiger partial charge in [-0.1, -0.05) is 18.5 Å². The minimum Gasteiger partial charge on any atom is -0.305 e. The van der Waals surface area contributed by atoms with E-state index in [9.17, 15) is 18.8 Å². The molecule has 20 heavy (non-hydrogen) atoms. The third-order valence-corrected chi connectivity index (χ3v) is 3.53. The number of hydrogen-bond acceptors (Lipinski definition) is 3. The van der Waals surface area contributed by atoms with Crippen LogP contribution in [0.5, 0.6) is 0 Å². The minimum absolute atomic E-state index is 0.0884. The van der Waals surface area contributed by atoms with Gasteiger partial charge < -0.3 is 4.90 Å². The van der Waals surface area contributed by atoms with Gasteiger partial charge in [-0.15, -0.1) is 0 Å². The first-order valence-electron chi connectivity index (χ1n) is 6.32. The van der Waals surface area contributed by atoms with Crippen molar-refractivity contribution >= 4 is 34.8 Å². The number of carbonyl (C=O) groups excluding carboxylic acids is 3. The van der Waals surface area contributed by atoms with Crippen LogP contribution in [-0.2, 0) is 9.59 Å². The third-order valence-electron chi connectivity index (χ3n) is 3.25. The Morgan fingerprint density at radius 2 is 2.05 bits per heavy atom. The second kappa shape index (κ2) is 5.71. The number of fused-ring (bicyclic) bond motifs is 1. The maximum Gasteiger partial charge on any atom is 0.299 e. The van der Waals surface area contributed by atoms with Gasteiger partial charge in [-0.2, -0.15) is 0 Å². The molecule has 4 nitrogen and oxygen atoms in total. The Labute approximate surface area is 120 Å². The average Bonchev–Trinajstić information content (AvgIpc) is 2.64. The first kappa shape index (κ1) is 14.7. The van der Waals surface area contributed by atoms with Crippen molar-refractivity contribution in [2.24, 2.45) is 0 Å². The molecular weight excluding hydrogens is 285 g/mol. The molecule has 1 heterocycles. The van der Waals surface area contributed by atoms with Gasteiger partial charge in [0, 0.05) is 19.4 Å². The van der Waals surface area contributed by atoms with Crippen LogP contribution in [0.25, 0.3) is 0 Å². The molecule has 0 saturated carbocycles. The van der Waals surface area contributed by atoms with Crippen molar-refractivity contribution in [1.82, 2.24) is 0 Å². The Morgan fingerprint density at radius 1 is 1.35 bits per heavy atom. The summed E-state index contributed by atoms with van der Waals surface area (Å²) in [4.78, 5) is 36.1. The second-order valence-corrected chi connectivity index (χ2v) is 4.97. The highest BCUT2D eigenvalue weighted by atomic mass is 35.5. The van der Waals surface area contributed by atoms with Crippen LogP contribution in [0.4, 0.5) is 10.1 Å². The number of nitrogens with zero attached hydrogens (tertiary/aromatic N) is 1. The van der Waals surface area contributed by atoms with Crippen LogP contribution in [0.2, 0.25) is 5.02 Å². The summed E-state index contributed by atoms with van der Waals surface area (Å²) in [6, 6.07) is 2.26. The predicted octanol–water partition coefficient (Wildman–Crippen LogP) is 2.77. The molecule has 1 aliphatic rings. The molecule has 0 bridgehead atoms. The topological polar surface area (TPSA) is 54.5 Å². The smallest absolute Gasteiger partial charge is 0.299 e. The summed E-state index contributed by atoms with van der Waals surface area (Å²) in [5.41, 5.74) is 0.342. The molecule has 1 aromatic carbocycles. The zero-order valence-electron chi connectivity index (χ0n) is 10.9. The Morgan fingerprint density at radius 3 is 2.70 bits per heavy atom. The van der Waals surface area contributed by atoms with Crippen molar-refractivity contribution in [3.63, 3.8) is 0 Å². The molecule has 0 spiro atoms. The van der Waals surface area contributed by atoms with Crippen molar-refractivity contribution in [3.8, 4) is 0 Å². The van der Waals surface area contributed by atoms with E-state index in [0.29, 0.717) is 19.3 Å². The molecule has 0 atom stereocenters. The first-order chi connectivity index (χ1) is 9.45. The van der Waals surface area contributed by atoms with Crippen LogP contribution in [0.15, 0.2) is 12.1 Å². The van der Waals surface area contributed by atoms with Crippen LogP contribution in [-0.4, -0.2) is 24.0 Å². The molecule has 0 aliphatic carbocycles. The lowest BCUT2D eigenvalue weighted by Crippen LogP contribution is -2.30. The van der Waals surface area contributed by atoms with Crippen LogP contribution in [0, 0.1) is 5.82 Å². The normalized spacial score (nSPS) is 13.8. The van der Waals surface area contributed by atoms with Gasteiger partial charge in [0.1, 0.15) is 11.6 Å². The van der Waals surface area contributed by atoms with E-state index in [1.807, 2.05) is 0 Å². The fourth-order valence-electron chi connectivity index (χ4n) is 2.12. The monoisotopic (exact) mass is 297 g/mol. The van der Waals surface area contributed by atoms with E-state index >= 15 is 0 Å². The van der Waals surface area contributed by atoms with Crippen molar-refractivity contribution in [1.29, 1.82) is 0 Å². The van der Waals surface area contributed by atoms with E-state index in [1.54, 1.807) is 6.92 Å². The molecule has 1 aliphatic heterocycles. The van der Waals surface area contributed by atoms with Gasteiger partial charge in [-0.3, -0.25) is 14.4 Å². The second-order valence-electron chi connectivity index (χ2n) is 4.57. The Bertz CT molecular complexity index is 600. The van der Waals surface area contributed by atoms with Gasteiger partial charge in [0.2, 0.25) is 0 Å². The molecule has 0 unspecified atom stereocenters. The highest BCUT2D eigenvalue weighted by Crippen LogP contribution is 2.33. The van der Waals surface area contributed by atoms with Gasteiger partial charge >= 0.3 is 0 Å². The maximum absolute atomic E-state index is 13.5. The van der Waals surface area contributed by atoms with Crippen molar-refractivity contribution in [2.45, 2.75) is 26.2 Å². The first-order valence-corrected chi connectivity index (χ1v) is 6.70. The molecule has 6 heteroatoms. The van der Waals surface area contributed by atoms with E-state index in [-0.39, 0.29) is 28.6 Å². The highest BCUT2D eigenvalue weighted by molar-refractivity contribution is 6.52. The fraction of sp³-hybridized carbons (Fsp3) is 0.357. The van der Waals surface area contributed by atoms with Crippen molar-refractivity contribution in [2.75, 3.05) is 11.4 Å². The summed E-state index contributed by atoms with van der Waals surface area (Å²) in [6.45, 7) is 1.98. The fourth-order valence-corrected chi connectivity index (χ4v) is 2.29. The quantitative estimate of drug-likeness (QED) is 0.785. The average molecular weight is 298 g/mol. The zero-order chi connectivity index (χ0) is 14.9. The summed E-state index contributed by atoms with van der Waals surface area (Å²) >= 11 is 5.62. The number of halogens is 2. The van der Waals surface area contributed by atoms with Gasteiger partial charge in [-0.05, 0) is 18.6 Å². The standard InChI is InChI=1S/C14H13ClFNO3/c1-2-8(18)4-3-5-17-12-7-11(16)10(15)6-9(12)13(19)14(17)20/h6-7H,2-5H2,1H3. The molecule has 1 aromatic rings. The summed E-state index contributed by atoms with van der Waals surface area (Å²) in [5.74, 6) is -1.98. The van der Waals surface area contributed by atoms with Crippen LogP contribution < -0.4 is 4.90 Å². The Kier molecular flexibility index (Phi) is 4.18. The van der Waals surface area contributed by atoms with Crippen LogP contribution >= 0.6 is 11.6 Å². The molecule has 2 rings (SSSR count). The number of anilines is 1. The van der Waals surface area contributed by atoms with Crippen molar-refractivity contribution < 1.29 is 18.8 Å². The summed E-state index contributed by atoms with van der Waals surface area (Å²) in [6.07, 6.45) is 1.21. The lowest BCUT2D eigenvalue weighted by molar-refractivity contribution is -0.119. The van der Waals surface area contributed by atoms with Gasteiger partial charge in [0.25, 0.3) is 11.7 Å². The number of carbonyl (C=O) groups is 3. The van der Waals surface area contributed by atoms with Crippen LogP contribution in [0.1, 0.15) is 36.5 Å². The lowest BCUT2D eigenvalue weighted by atomic mass is 10.1. The van der Waals surface area contributed by atoms with Crippen molar-refractivity contribution in [3.05, 3.63) is 28.5 Å². The Hall–Kier alpha value is -1.75. The largest absolute Gasteiger partial charge is 0.305 e. The molecule has 0 radical (unpaired) electrons. The molecule has 0 fully saturated rings. The number of hydrogen-bond donors (Lipinski definition) is 0. The highest BCUT2D eigenvalue weighted by Gasteiger charge is 2.36. The minimum atomic E-state index is -0.703. The van der Waals surface area contributed by atoms with E-state index < -0.39 is 17.5 Å². The number of benzene rings is 1. The number of ketones is 2. The molecule has 0 N–H and O–H groups in total. The number of rotatable bonds is 5. The molecular formula is C14H13ClFNO3. The Balaban J connectivity index is 2.20. The molecule has 106 valence electrons. The van der Waals surface area contributed by atoms with Gasteiger partial charge in [0.05, 0.1) is 16.3 Å². The summed E-state index contributed by atoms with van der Waals surface area (Å²) in [7, 11) is 0. The third kappa shape index (κ3) is 2.58.